The number of halogens is 1. The van der Waals surface area contributed by atoms with Gasteiger partial charge in [-0.25, -0.2) is 0 Å². The Bertz CT molecular complexity index is 244. The van der Waals surface area contributed by atoms with Gasteiger partial charge < -0.3 is 14.2 Å². The van der Waals surface area contributed by atoms with Gasteiger partial charge >= 0.3 is 0 Å². The number of epoxide rings is 1. The van der Waals surface area contributed by atoms with E-state index in [-0.39, 0.29) is 6.29 Å². The van der Waals surface area contributed by atoms with E-state index in [9.17, 15) is 0 Å². The van der Waals surface area contributed by atoms with Crippen LogP contribution in [0.25, 0.3) is 0 Å². The maximum absolute atomic E-state index is 5.72. The van der Waals surface area contributed by atoms with Crippen LogP contribution in [-0.4, -0.2) is 37.6 Å². The molecule has 4 heteroatoms. The normalized spacial score (nSPS) is 29.6. The molecule has 0 aromatic heterocycles. The minimum absolute atomic E-state index is 0.0807. The summed E-state index contributed by atoms with van der Waals surface area (Å²) in [4.78, 5) is 0. The number of alkyl halides is 1. The third-order valence-electron chi connectivity index (χ3n) is 4.16. The van der Waals surface area contributed by atoms with Crippen LogP contribution in [-0.2, 0) is 14.2 Å². The molecule has 0 bridgehead atoms. The average Bonchev–Trinajstić information content (AvgIpc) is 3.25. The van der Waals surface area contributed by atoms with Crippen LogP contribution in [0.4, 0.5) is 0 Å². The molecule has 2 fully saturated rings. The van der Waals surface area contributed by atoms with Gasteiger partial charge in [0.15, 0.2) is 6.29 Å². The van der Waals surface area contributed by atoms with E-state index in [1.54, 1.807) is 0 Å². The van der Waals surface area contributed by atoms with E-state index >= 15 is 0 Å². The van der Waals surface area contributed by atoms with Gasteiger partial charge in [-0.05, 0) is 32.1 Å². The summed E-state index contributed by atoms with van der Waals surface area (Å²) in [5.74, 6) is 0.662. The van der Waals surface area contributed by atoms with Crippen LogP contribution in [0.1, 0.15) is 64.2 Å². The van der Waals surface area contributed by atoms with Crippen molar-refractivity contribution in [3.63, 3.8) is 0 Å². The molecule has 0 N–H and O–H groups in total. The fourth-order valence-electron chi connectivity index (χ4n) is 2.78. The Morgan fingerprint density at radius 3 is 2.45 bits per heavy atom. The third kappa shape index (κ3) is 6.75. The number of unbranched alkanes of at least 4 members (excludes halogenated alkanes) is 5. The van der Waals surface area contributed by atoms with E-state index < -0.39 is 0 Å². The smallest absolute Gasteiger partial charge is 0.157 e. The van der Waals surface area contributed by atoms with Gasteiger partial charge in [0.2, 0.25) is 0 Å². The Morgan fingerprint density at radius 1 is 0.950 bits per heavy atom. The number of hydrogen-bond acceptors (Lipinski definition) is 3. The van der Waals surface area contributed by atoms with Crippen molar-refractivity contribution in [1.29, 1.82) is 0 Å². The first-order valence-electron chi connectivity index (χ1n) is 8.35. The Balaban J connectivity index is 1.28. The SMILES string of the molecule is ClC[C@@H]1O[C@H]1CCCCCCCCOC1CCCCO1. The average molecular weight is 305 g/mol. The van der Waals surface area contributed by atoms with E-state index in [0.29, 0.717) is 18.1 Å². The van der Waals surface area contributed by atoms with Crippen molar-refractivity contribution in [3.05, 3.63) is 0 Å². The van der Waals surface area contributed by atoms with Gasteiger partial charge in [-0.15, -0.1) is 11.6 Å². The lowest BCUT2D eigenvalue weighted by Crippen LogP contribution is -2.22. The van der Waals surface area contributed by atoms with Gasteiger partial charge in [0.25, 0.3) is 0 Å². The van der Waals surface area contributed by atoms with Crippen LogP contribution in [0, 0.1) is 0 Å². The van der Waals surface area contributed by atoms with E-state index in [1.807, 2.05) is 0 Å². The van der Waals surface area contributed by atoms with Crippen molar-refractivity contribution < 1.29 is 14.2 Å². The van der Waals surface area contributed by atoms with Gasteiger partial charge in [-0.3, -0.25) is 0 Å². The molecule has 2 saturated heterocycles. The molecule has 3 nitrogen and oxygen atoms in total. The zero-order valence-electron chi connectivity index (χ0n) is 12.5. The maximum Gasteiger partial charge on any atom is 0.157 e. The quantitative estimate of drug-likeness (QED) is 0.324. The molecule has 0 aliphatic carbocycles. The van der Waals surface area contributed by atoms with Crippen LogP contribution >= 0.6 is 11.6 Å². The molecular formula is C16H29ClO3. The summed E-state index contributed by atoms with van der Waals surface area (Å²) >= 11 is 5.72. The predicted molar refractivity (Wildman–Crippen MR) is 81.2 cm³/mol. The standard InChI is InChI=1S/C16H29ClO3/c17-13-15-14(20-15)9-5-3-1-2-4-7-11-18-16-10-6-8-12-19-16/h14-16H,1-13H2/t14-,15-,16?/m0/s1. The second-order valence-corrected chi connectivity index (χ2v) is 6.25. The van der Waals surface area contributed by atoms with E-state index in [4.69, 9.17) is 25.8 Å². The molecular weight excluding hydrogens is 276 g/mol. The van der Waals surface area contributed by atoms with Crippen LogP contribution < -0.4 is 0 Å². The van der Waals surface area contributed by atoms with Crippen molar-refractivity contribution >= 4 is 11.6 Å². The second-order valence-electron chi connectivity index (χ2n) is 5.94. The molecule has 2 aliphatic heterocycles. The summed E-state index contributed by atoms with van der Waals surface area (Å²) < 4.78 is 16.7. The monoisotopic (exact) mass is 304 g/mol. The molecule has 0 aromatic carbocycles. The Kier molecular flexibility index (Phi) is 8.26. The van der Waals surface area contributed by atoms with Crippen molar-refractivity contribution in [2.24, 2.45) is 0 Å². The topological polar surface area (TPSA) is 31.0 Å². The lowest BCUT2D eigenvalue weighted by atomic mass is 10.1. The Labute approximate surface area is 128 Å². The fourth-order valence-corrected chi connectivity index (χ4v) is 3.05. The highest BCUT2D eigenvalue weighted by Gasteiger charge is 2.36. The zero-order chi connectivity index (χ0) is 14.0. The van der Waals surface area contributed by atoms with Gasteiger partial charge in [-0.1, -0.05) is 32.1 Å². The summed E-state index contributed by atoms with van der Waals surface area (Å²) in [5, 5.41) is 0. The molecule has 2 aliphatic rings. The molecule has 0 saturated carbocycles. The minimum atomic E-state index is 0.0807. The highest BCUT2D eigenvalue weighted by atomic mass is 35.5. The predicted octanol–water partition coefficient (Wildman–Crippen LogP) is 4.27. The van der Waals surface area contributed by atoms with Crippen molar-refractivity contribution in [2.45, 2.75) is 82.7 Å². The van der Waals surface area contributed by atoms with Gasteiger partial charge in [-0.2, -0.15) is 0 Å². The summed E-state index contributed by atoms with van der Waals surface area (Å²) in [6.45, 7) is 1.73. The number of ether oxygens (including phenoxy) is 3. The summed E-state index contributed by atoms with van der Waals surface area (Å²) in [6.07, 6.45) is 13.3. The molecule has 2 heterocycles. The number of hydrogen-bond donors (Lipinski definition) is 0. The second kappa shape index (κ2) is 9.99. The Morgan fingerprint density at radius 2 is 1.75 bits per heavy atom. The van der Waals surface area contributed by atoms with Crippen molar-refractivity contribution in [3.8, 4) is 0 Å². The zero-order valence-corrected chi connectivity index (χ0v) is 13.3. The first-order chi connectivity index (χ1) is 9.90. The Hall–Kier alpha value is 0.170. The molecule has 2 rings (SSSR count). The molecule has 3 atom stereocenters. The molecule has 20 heavy (non-hydrogen) atoms. The van der Waals surface area contributed by atoms with Gasteiger partial charge in [0.05, 0.1) is 18.1 Å². The minimum Gasteiger partial charge on any atom is -0.368 e. The molecule has 0 spiro atoms. The van der Waals surface area contributed by atoms with E-state index in [1.165, 1.54) is 57.8 Å². The first-order valence-corrected chi connectivity index (χ1v) is 8.88. The highest BCUT2D eigenvalue weighted by molar-refractivity contribution is 6.18. The molecule has 0 amide bonds. The molecule has 0 radical (unpaired) electrons. The third-order valence-corrected chi connectivity index (χ3v) is 4.47. The van der Waals surface area contributed by atoms with Crippen LogP contribution in [0.5, 0.6) is 0 Å². The number of rotatable bonds is 11. The lowest BCUT2D eigenvalue weighted by molar-refractivity contribution is -0.162. The van der Waals surface area contributed by atoms with Crippen molar-refractivity contribution in [1.82, 2.24) is 0 Å². The van der Waals surface area contributed by atoms with E-state index in [0.717, 1.165) is 19.6 Å². The summed E-state index contributed by atoms with van der Waals surface area (Å²) in [5.41, 5.74) is 0. The van der Waals surface area contributed by atoms with Crippen LogP contribution in [0.15, 0.2) is 0 Å². The maximum atomic E-state index is 5.72. The van der Waals surface area contributed by atoms with Crippen LogP contribution in [0.2, 0.25) is 0 Å². The van der Waals surface area contributed by atoms with Crippen LogP contribution in [0.3, 0.4) is 0 Å². The molecule has 1 unspecified atom stereocenters. The summed E-state index contributed by atoms with van der Waals surface area (Å²) in [7, 11) is 0. The van der Waals surface area contributed by atoms with E-state index in [2.05, 4.69) is 0 Å². The van der Waals surface area contributed by atoms with Gasteiger partial charge in [0, 0.05) is 13.2 Å². The fraction of sp³-hybridized carbons (Fsp3) is 1.00. The molecule has 118 valence electrons. The molecule has 0 aromatic rings. The largest absolute Gasteiger partial charge is 0.368 e. The van der Waals surface area contributed by atoms with Crippen molar-refractivity contribution in [2.75, 3.05) is 19.1 Å². The highest BCUT2D eigenvalue weighted by Crippen LogP contribution is 2.28. The van der Waals surface area contributed by atoms with Gasteiger partial charge in [0.1, 0.15) is 0 Å². The summed E-state index contributed by atoms with van der Waals surface area (Å²) in [6, 6.07) is 0. The lowest BCUT2D eigenvalue weighted by Gasteiger charge is -2.22. The first kappa shape index (κ1) is 16.5.